The Hall–Kier alpha value is -1.55. The molecule has 1 aromatic rings. The Morgan fingerprint density at radius 1 is 1.56 bits per heavy atom. The lowest BCUT2D eigenvalue weighted by molar-refractivity contribution is -0.123. The van der Waals surface area contributed by atoms with E-state index in [1.807, 2.05) is 6.07 Å². The van der Waals surface area contributed by atoms with Crippen molar-refractivity contribution in [2.75, 3.05) is 11.7 Å². The Kier molecular flexibility index (Phi) is 3.10. The zero-order valence-corrected chi connectivity index (χ0v) is 9.27. The van der Waals surface area contributed by atoms with Crippen molar-refractivity contribution in [3.8, 4) is 5.75 Å². The first-order chi connectivity index (χ1) is 7.72. The molecule has 1 amide bonds. The van der Waals surface area contributed by atoms with Gasteiger partial charge in [-0.25, -0.2) is 0 Å². The number of benzene rings is 1. The summed E-state index contributed by atoms with van der Waals surface area (Å²) >= 11 is 0. The number of aryl methyl sites for hydroxylation is 1. The average Bonchev–Trinajstić information content (AvgIpc) is 2.36. The first kappa shape index (κ1) is 11.0. The first-order valence-electron chi connectivity index (χ1n) is 5.50. The Morgan fingerprint density at radius 2 is 2.38 bits per heavy atom. The second-order valence-corrected chi connectivity index (χ2v) is 3.80. The van der Waals surface area contributed by atoms with Gasteiger partial charge in [-0.05, 0) is 36.6 Å². The van der Waals surface area contributed by atoms with Crippen LogP contribution in [0.3, 0.4) is 0 Å². The summed E-state index contributed by atoms with van der Waals surface area (Å²) in [5.74, 6) is 0.545. The molecule has 86 valence electrons. The molecule has 4 heteroatoms. The molecule has 1 aromatic carbocycles. The van der Waals surface area contributed by atoms with Crippen molar-refractivity contribution in [2.45, 2.75) is 26.2 Å². The van der Waals surface area contributed by atoms with Crippen LogP contribution in [0.15, 0.2) is 18.2 Å². The fourth-order valence-corrected chi connectivity index (χ4v) is 1.77. The van der Waals surface area contributed by atoms with Crippen molar-refractivity contribution >= 4 is 11.6 Å². The molecule has 0 bridgehead atoms. The van der Waals surface area contributed by atoms with Crippen molar-refractivity contribution in [2.24, 2.45) is 0 Å². The maximum Gasteiger partial charge on any atom is 0.250 e. The van der Waals surface area contributed by atoms with Gasteiger partial charge in [0, 0.05) is 6.42 Å². The van der Waals surface area contributed by atoms with E-state index in [9.17, 15) is 10.0 Å². The van der Waals surface area contributed by atoms with E-state index in [1.54, 1.807) is 19.1 Å². The van der Waals surface area contributed by atoms with E-state index >= 15 is 0 Å². The fourth-order valence-electron chi connectivity index (χ4n) is 1.77. The summed E-state index contributed by atoms with van der Waals surface area (Å²) in [6.07, 6.45) is 2.19. The number of ether oxygens (including phenoxy) is 1. The predicted octanol–water partition coefficient (Wildman–Crippen LogP) is 2.14. The Balaban J connectivity index is 2.26. The van der Waals surface area contributed by atoms with Crippen molar-refractivity contribution in [1.29, 1.82) is 0 Å². The highest BCUT2D eigenvalue weighted by molar-refractivity contribution is 5.90. The van der Waals surface area contributed by atoms with Gasteiger partial charge in [-0.15, -0.1) is 0 Å². The molecule has 0 spiro atoms. The lowest BCUT2D eigenvalue weighted by atomic mass is 10.1. The van der Waals surface area contributed by atoms with Gasteiger partial charge in [0.1, 0.15) is 5.75 Å². The molecule has 16 heavy (non-hydrogen) atoms. The Bertz CT molecular complexity index is 403. The van der Waals surface area contributed by atoms with E-state index in [4.69, 9.17) is 4.74 Å². The van der Waals surface area contributed by atoms with E-state index in [1.165, 1.54) is 0 Å². The highest BCUT2D eigenvalue weighted by atomic mass is 16.5. The van der Waals surface area contributed by atoms with Crippen molar-refractivity contribution in [1.82, 2.24) is 0 Å². The summed E-state index contributed by atoms with van der Waals surface area (Å²) < 4.78 is 5.46. The summed E-state index contributed by atoms with van der Waals surface area (Å²) in [5.41, 5.74) is 1.56. The summed E-state index contributed by atoms with van der Waals surface area (Å²) in [6.45, 7) is 2.45. The third-order valence-electron chi connectivity index (χ3n) is 2.68. The van der Waals surface area contributed by atoms with Crippen LogP contribution in [-0.2, 0) is 11.2 Å². The monoisotopic (exact) mass is 221 g/mol. The molecule has 0 aliphatic carbocycles. The molecule has 0 aromatic heterocycles. The minimum Gasteiger partial charge on any atom is -0.493 e. The largest absolute Gasteiger partial charge is 0.493 e. The van der Waals surface area contributed by atoms with E-state index in [-0.39, 0.29) is 12.3 Å². The number of nitrogens with zero attached hydrogens (tertiary/aromatic N) is 1. The summed E-state index contributed by atoms with van der Waals surface area (Å²) in [7, 11) is 0. The molecule has 0 unspecified atom stereocenters. The fraction of sp³-hybridized carbons (Fsp3) is 0.417. The lowest BCUT2D eigenvalue weighted by Gasteiger charge is -2.20. The molecular formula is C12H15NO3. The normalized spacial score (nSPS) is 13.9. The van der Waals surface area contributed by atoms with Gasteiger partial charge in [0.2, 0.25) is 5.91 Å². The standard InChI is InChI=1S/C12H15NO3/c1-2-12(14)13(15)10-5-6-11-9(8-10)4-3-7-16-11/h5-6,8,15H,2-4,7H2,1H3. The van der Waals surface area contributed by atoms with Gasteiger partial charge in [0.15, 0.2) is 0 Å². The highest BCUT2D eigenvalue weighted by Gasteiger charge is 2.15. The van der Waals surface area contributed by atoms with Gasteiger partial charge in [0.05, 0.1) is 12.3 Å². The van der Waals surface area contributed by atoms with Crippen LogP contribution >= 0.6 is 0 Å². The molecule has 1 aliphatic heterocycles. The maximum atomic E-state index is 11.3. The second kappa shape index (κ2) is 4.53. The number of anilines is 1. The molecular weight excluding hydrogens is 206 g/mol. The van der Waals surface area contributed by atoms with Crippen LogP contribution in [-0.4, -0.2) is 17.7 Å². The molecule has 4 nitrogen and oxygen atoms in total. The van der Waals surface area contributed by atoms with E-state index < -0.39 is 0 Å². The van der Waals surface area contributed by atoms with Gasteiger partial charge in [0.25, 0.3) is 0 Å². The molecule has 0 saturated heterocycles. The van der Waals surface area contributed by atoms with Crippen molar-refractivity contribution < 1.29 is 14.7 Å². The minimum absolute atomic E-state index is 0.282. The molecule has 0 fully saturated rings. The van der Waals surface area contributed by atoms with Gasteiger partial charge in [-0.1, -0.05) is 6.92 Å². The van der Waals surface area contributed by atoms with Gasteiger partial charge in [-0.2, -0.15) is 5.06 Å². The summed E-state index contributed by atoms with van der Waals surface area (Å²) in [6, 6.07) is 5.30. The molecule has 0 atom stereocenters. The van der Waals surface area contributed by atoms with Crippen LogP contribution in [0.1, 0.15) is 25.3 Å². The van der Waals surface area contributed by atoms with E-state index in [0.29, 0.717) is 10.8 Å². The summed E-state index contributed by atoms with van der Waals surface area (Å²) in [5, 5.41) is 10.3. The van der Waals surface area contributed by atoms with E-state index in [2.05, 4.69) is 0 Å². The topological polar surface area (TPSA) is 49.8 Å². The minimum atomic E-state index is -0.309. The predicted molar refractivity (Wildman–Crippen MR) is 59.8 cm³/mol. The smallest absolute Gasteiger partial charge is 0.250 e. The highest BCUT2D eigenvalue weighted by Crippen LogP contribution is 2.28. The number of rotatable bonds is 2. The third kappa shape index (κ3) is 2.02. The number of carbonyl (C=O) groups is 1. The molecule has 2 rings (SSSR count). The number of hydroxylamine groups is 1. The maximum absolute atomic E-state index is 11.3. The lowest BCUT2D eigenvalue weighted by Crippen LogP contribution is -2.26. The molecule has 1 heterocycles. The second-order valence-electron chi connectivity index (χ2n) is 3.80. The Labute approximate surface area is 94.4 Å². The number of hydrogen-bond donors (Lipinski definition) is 1. The van der Waals surface area contributed by atoms with Crippen molar-refractivity contribution in [3.63, 3.8) is 0 Å². The van der Waals surface area contributed by atoms with Crippen LogP contribution < -0.4 is 9.80 Å². The number of carbonyl (C=O) groups excluding carboxylic acids is 1. The van der Waals surface area contributed by atoms with E-state index in [0.717, 1.165) is 30.8 Å². The van der Waals surface area contributed by atoms with Crippen LogP contribution in [0.2, 0.25) is 0 Å². The molecule has 1 aliphatic rings. The SMILES string of the molecule is CCC(=O)N(O)c1ccc2c(c1)CCCO2. The average molecular weight is 221 g/mol. The number of hydrogen-bond acceptors (Lipinski definition) is 3. The van der Waals surface area contributed by atoms with Gasteiger partial charge in [-0.3, -0.25) is 10.0 Å². The number of fused-ring (bicyclic) bond motifs is 1. The van der Waals surface area contributed by atoms with Gasteiger partial charge >= 0.3 is 0 Å². The number of amides is 1. The van der Waals surface area contributed by atoms with Crippen LogP contribution in [0.4, 0.5) is 5.69 Å². The third-order valence-corrected chi connectivity index (χ3v) is 2.68. The molecule has 0 radical (unpaired) electrons. The first-order valence-corrected chi connectivity index (χ1v) is 5.50. The van der Waals surface area contributed by atoms with Crippen LogP contribution in [0.25, 0.3) is 0 Å². The Morgan fingerprint density at radius 3 is 3.12 bits per heavy atom. The summed E-state index contributed by atoms with van der Waals surface area (Å²) in [4.78, 5) is 11.3. The van der Waals surface area contributed by atoms with Gasteiger partial charge < -0.3 is 4.74 Å². The molecule has 1 N–H and O–H groups in total. The zero-order valence-electron chi connectivity index (χ0n) is 9.27. The zero-order chi connectivity index (χ0) is 11.5. The van der Waals surface area contributed by atoms with Crippen molar-refractivity contribution in [3.05, 3.63) is 23.8 Å². The van der Waals surface area contributed by atoms with Crippen LogP contribution in [0.5, 0.6) is 5.75 Å². The quantitative estimate of drug-likeness (QED) is 0.615. The molecule has 0 saturated carbocycles. The van der Waals surface area contributed by atoms with Crippen LogP contribution in [0, 0.1) is 0 Å².